The first-order chi connectivity index (χ1) is 14.4. The smallest absolute Gasteiger partial charge is 0.245 e. The van der Waals surface area contributed by atoms with Gasteiger partial charge in [-0.2, -0.15) is 0 Å². The highest BCUT2D eigenvalue weighted by Crippen LogP contribution is 2.28. The molecule has 0 aromatic heterocycles. The van der Waals surface area contributed by atoms with Gasteiger partial charge in [-0.25, -0.2) is 0 Å². The van der Waals surface area contributed by atoms with Crippen molar-refractivity contribution in [1.29, 1.82) is 0 Å². The van der Waals surface area contributed by atoms with Gasteiger partial charge < -0.3 is 16.0 Å². The summed E-state index contributed by atoms with van der Waals surface area (Å²) in [5.41, 5.74) is 7.58. The van der Waals surface area contributed by atoms with Crippen molar-refractivity contribution < 1.29 is 9.59 Å². The van der Waals surface area contributed by atoms with Crippen molar-refractivity contribution in [2.24, 2.45) is 5.73 Å². The maximum absolute atomic E-state index is 13.1. The number of nitrogens with two attached hydrogens (primary N) is 1. The number of rotatable bonds is 7. The van der Waals surface area contributed by atoms with Crippen LogP contribution >= 0.6 is 0 Å². The van der Waals surface area contributed by atoms with Gasteiger partial charge >= 0.3 is 0 Å². The molecule has 3 N–H and O–H groups in total. The van der Waals surface area contributed by atoms with Crippen molar-refractivity contribution in [3.05, 3.63) is 71.8 Å². The Balaban J connectivity index is 1.56. The van der Waals surface area contributed by atoms with Crippen molar-refractivity contribution in [3.63, 3.8) is 0 Å². The van der Waals surface area contributed by atoms with Gasteiger partial charge in [-0.15, -0.1) is 0 Å². The van der Waals surface area contributed by atoms with Crippen LogP contribution in [-0.4, -0.2) is 41.4 Å². The van der Waals surface area contributed by atoms with Crippen LogP contribution in [0.4, 0.5) is 0 Å². The molecule has 1 unspecified atom stereocenters. The summed E-state index contributed by atoms with van der Waals surface area (Å²) in [5, 5.41) is 2.91. The lowest BCUT2D eigenvalue weighted by Crippen LogP contribution is -2.58. The third kappa shape index (κ3) is 5.48. The molecule has 3 rings (SSSR count). The summed E-state index contributed by atoms with van der Waals surface area (Å²) in [6.07, 6.45) is 2.86. The van der Waals surface area contributed by atoms with Crippen molar-refractivity contribution in [1.82, 2.24) is 10.2 Å². The lowest BCUT2D eigenvalue weighted by atomic mass is 9.89. The second-order valence-corrected chi connectivity index (χ2v) is 8.52. The van der Waals surface area contributed by atoms with Crippen molar-refractivity contribution in [2.75, 3.05) is 13.1 Å². The van der Waals surface area contributed by atoms with Gasteiger partial charge in [0.25, 0.3) is 0 Å². The molecular weight excluding hydrogens is 374 g/mol. The van der Waals surface area contributed by atoms with E-state index in [9.17, 15) is 9.59 Å². The van der Waals surface area contributed by atoms with Crippen LogP contribution in [0.1, 0.15) is 50.2 Å². The fourth-order valence-electron chi connectivity index (χ4n) is 4.14. The molecular formula is C25H33N3O2. The zero-order chi connectivity index (χ0) is 21.6. The van der Waals surface area contributed by atoms with Crippen molar-refractivity contribution in [3.8, 4) is 0 Å². The van der Waals surface area contributed by atoms with Crippen LogP contribution in [0.2, 0.25) is 0 Å². The molecule has 30 heavy (non-hydrogen) atoms. The Morgan fingerprint density at radius 2 is 1.63 bits per heavy atom. The minimum absolute atomic E-state index is 0.00660. The highest BCUT2D eigenvalue weighted by atomic mass is 16.2. The number of nitrogens with one attached hydrogen (secondary N) is 1. The fraction of sp³-hybridized carbons (Fsp3) is 0.440. The molecule has 0 spiro atoms. The topological polar surface area (TPSA) is 75.4 Å². The van der Waals surface area contributed by atoms with Gasteiger partial charge in [0, 0.05) is 13.1 Å². The second-order valence-electron chi connectivity index (χ2n) is 8.52. The van der Waals surface area contributed by atoms with E-state index in [1.54, 1.807) is 6.92 Å². The average Bonchev–Trinajstić information content (AvgIpc) is 2.78. The number of piperidine rings is 1. The van der Waals surface area contributed by atoms with Gasteiger partial charge in [0.15, 0.2) is 0 Å². The molecule has 2 amide bonds. The van der Waals surface area contributed by atoms with Crippen LogP contribution in [0.25, 0.3) is 0 Å². The lowest BCUT2D eigenvalue weighted by molar-refractivity contribution is -0.138. The molecule has 1 fully saturated rings. The zero-order valence-corrected chi connectivity index (χ0v) is 18.0. The first kappa shape index (κ1) is 22.0. The maximum Gasteiger partial charge on any atom is 0.245 e. The number of hydrogen-bond donors (Lipinski definition) is 2. The number of carbonyl (C=O) groups excluding carboxylic acids is 2. The van der Waals surface area contributed by atoms with E-state index in [1.165, 1.54) is 5.56 Å². The largest absolute Gasteiger partial charge is 0.343 e. The van der Waals surface area contributed by atoms with Crippen molar-refractivity contribution >= 4 is 11.8 Å². The van der Waals surface area contributed by atoms with Gasteiger partial charge in [-0.3, -0.25) is 9.59 Å². The molecule has 0 aliphatic carbocycles. The fourth-order valence-corrected chi connectivity index (χ4v) is 4.14. The minimum Gasteiger partial charge on any atom is -0.343 e. The third-order valence-electron chi connectivity index (χ3n) is 6.02. The first-order valence-corrected chi connectivity index (χ1v) is 10.9. The normalized spacial score (nSPS) is 17.8. The highest BCUT2D eigenvalue weighted by Gasteiger charge is 2.34. The van der Waals surface area contributed by atoms with E-state index >= 15 is 0 Å². The van der Waals surface area contributed by atoms with E-state index in [0.717, 1.165) is 18.4 Å². The van der Waals surface area contributed by atoms with Crippen LogP contribution < -0.4 is 11.1 Å². The Morgan fingerprint density at radius 3 is 2.20 bits per heavy atom. The van der Waals surface area contributed by atoms with Gasteiger partial charge in [-0.05, 0) is 49.7 Å². The van der Waals surface area contributed by atoms with E-state index in [1.807, 2.05) is 48.2 Å². The molecule has 0 bridgehead atoms. The number of carbonyl (C=O) groups is 2. The molecule has 0 radical (unpaired) electrons. The molecule has 1 heterocycles. The Bertz CT molecular complexity index is 828. The van der Waals surface area contributed by atoms with E-state index < -0.39 is 11.6 Å². The molecule has 2 atom stereocenters. The quantitative estimate of drug-likeness (QED) is 0.740. The van der Waals surface area contributed by atoms with E-state index in [2.05, 4.69) is 29.6 Å². The third-order valence-corrected chi connectivity index (χ3v) is 6.02. The first-order valence-electron chi connectivity index (χ1n) is 10.9. The predicted molar refractivity (Wildman–Crippen MR) is 120 cm³/mol. The van der Waals surface area contributed by atoms with Crippen LogP contribution in [0.15, 0.2) is 60.7 Å². The van der Waals surface area contributed by atoms with Crippen LogP contribution in [0.5, 0.6) is 0 Å². The zero-order valence-electron chi connectivity index (χ0n) is 18.0. The Kier molecular flexibility index (Phi) is 7.27. The SMILES string of the molecule is CCC(NC(=O)[C@](C)(N)Cc1ccccc1)C(=O)N1CCC(c2ccccc2)CC1. The van der Waals surface area contributed by atoms with E-state index in [0.29, 0.717) is 31.8 Å². The molecule has 5 nitrogen and oxygen atoms in total. The minimum atomic E-state index is -1.07. The van der Waals surface area contributed by atoms with Gasteiger partial charge in [-0.1, -0.05) is 67.6 Å². The number of amides is 2. The van der Waals surface area contributed by atoms with Crippen molar-refractivity contribution in [2.45, 2.75) is 57.0 Å². The molecule has 0 saturated carbocycles. The maximum atomic E-state index is 13.1. The van der Waals surface area contributed by atoms with Crippen LogP contribution in [0, 0.1) is 0 Å². The highest BCUT2D eigenvalue weighted by molar-refractivity contribution is 5.92. The molecule has 1 aliphatic rings. The summed E-state index contributed by atoms with van der Waals surface area (Å²) < 4.78 is 0. The van der Waals surface area contributed by atoms with E-state index in [4.69, 9.17) is 5.73 Å². The summed E-state index contributed by atoms with van der Waals surface area (Å²) in [7, 11) is 0. The number of likely N-dealkylation sites (tertiary alicyclic amines) is 1. The summed E-state index contributed by atoms with van der Waals surface area (Å²) in [5.74, 6) is 0.196. The monoisotopic (exact) mass is 407 g/mol. The Morgan fingerprint density at radius 1 is 1.07 bits per heavy atom. The number of hydrogen-bond acceptors (Lipinski definition) is 3. The second kappa shape index (κ2) is 9.90. The van der Waals surface area contributed by atoms with Crippen LogP contribution in [0.3, 0.4) is 0 Å². The number of nitrogens with zero attached hydrogens (tertiary/aromatic N) is 1. The predicted octanol–water partition coefficient (Wildman–Crippen LogP) is 3.25. The van der Waals surface area contributed by atoms with Gasteiger partial charge in [0.05, 0.1) is 5.54 Å². The van der Waals surface area contributed by atoms with Gasteiger partial charge in [0.2, 0.25) is 11.8 Å². The van der Waals surface area contributed by atoms with Gasteiger partial charge in [0.1, 0.15) is 6.04 Å². The Labute approximate surface area is 179 Å². The summed E-state index contributed by atoms with van der Waals surface area (Å²) in [4.78, 5) is 27.8. The Hall–Kier alpha value is -2.66. The standard InChI is InChI=1S/C25H33N3O2/c1-3-22(27-24(30)25(2,26)18-19-10-6-4-7-11-19)23(29)28-16-14-21(15-17-28)20-12-8-5-9-13-20/h4-13,21-22H,3,14-18,26H2,1-2H3,(H,27,30)/t22?,25-/m1/s1. The summed E-state index contributed by atoms with van der Waals surface area (Å²) in [6, 6.07) is 19.6. The molecule has 2 aromatic rings. The molecule has 2 aromatic carbocycles. The summed E-state index contributed by atoms with van der Waals surface area (Å²) >= 11 is 0. The molecule has 1 aliphatic heterocycles. The molecule has 1 saturated heterocycles. The van der Waals surface area contributed by atoms with E-state index in [-0.39, 0.29) is 11.8 Å². The number of benzene rings is 2. The lowest BCUT2D eigenvalue weighted by Gasteiger charge is -2.35. The van der Waals surface area contributed by atoms with Crippen LogP contribution in [-0.2, 0) is 16.0 Å². The average molecular weight is 408 g/mol. The molecule has 5 heteroatoms. The molecule has 160 valence electrons. The summed E-state index contributed by atoms with van der Waals surface area (Å²) in [6.45, 7) is 5.08.